The molecule has 2 rings (SSSR count). The summed E-state index contributed by atoms with van der Waals surface area (Å²) in [4.78, 5) is 10.9. The maximum atomic E-state index is 10.9. The van der Waals surface area contributed by atoms with Crippen molar-refractivity contribution in [1.29, 1.82) is 0 Å². The molecule has 2 nitrogen and oxygen atoms in total. The van der Waals surface area contributed by atoms with Gasteiger partial charge in [0.15, 0.2) is 0 Å². The van der Waals surface area contributed by atoms with E-state index >= 15 is 0 Å². The van der Waals surface area contributed by atoms with Crippen LogP contribution in [-0.4, -0.2) is 11.1 Å². The number of carboxylic acids is 1. The van der Waals surface area contributed by atoms with Gasteiger partial charge in [-0.15, -0.1) is 0 Å². The summed E-state index contributed by atoms with van der Waals surface area (Å²) in [6, 6.07) is 7.32. The first-order valence-electron chi connectivity index (χ1n) is 5.66. The molecule has 0 heterocycles. The van der Waals surface area contributed by atoms with Crippen LogP contribution in [0.15, 0.2) is 36.4 Å². The summed E-state index contributed by atoms with van der Waals surface area (Å²) < 4.78 is 0. The molecule has 0 aliphatic heterocycles. The molecule has 0 amide bonds. The number of benzene rings is 1. The zero-order valence-corrected chi connectivity index (χ0v) is 9.28. The van der Waals surface area contributed by atoms with Crippen molar-refractivity contribution in [2.45, 2.75) is 31.6 Å². The molecule has 1 saturated carbocycles. The molecule has 0 radical (unpaired) electrons. The highest BCUT2D eigenvalue weighted by molar-refractivity contribution is 5.87. The van der Waals surface area contributed by atoms with Crippen LogP contribution in [0.1, 0.15) is 47.5 Å². The predicted octanol–water partition coefficient (Wildman–Crippen LogP) is 3.60. The maximum Gasteiger partial charge on any atom is 0.335 e. The number of carbonyl (C=O) groups is 1. The largest absolute Gasteiger partial charge is 0.478 e. The minimum absolute atomic E-state index is 0.391. The lowest BCUT2D eigenvalue weighted by molar-refractivity contribution is 0.0696. The van der Waals surface area contributed by atoms with E-state index in [1.54, 1.807) is 12.1 Å². The average molecular weight is 216 g/mol. The van der Waals surface area contributed by atoms with Gasteiger partial charge in [-0.3, -0.25) is 0 Å². The van der Waals surface area contributed by atoms with Crippen molar-refractivity contribution in [2.75, 3.05) is 0 Å². The fraction of sp³-hybridized carbons (Fsp3) is 0.357. The first-order chi connectivity index (χ1) is 7.66. The van der Waals surface area contributed by atoms with E-state index < -0.39 is 5.97 Å². The standard InChI is InChI=1S/C14H16O2/c1-10-5-7-11(8-6-10)12-3-2-4-13(9-12)14(15)16/h2-4,9,11H,1,5-8H2,(H,15,16). The van der Waals surface area contributed by atoms with Crippen LogP contribution < -0.4 is 0 Å². The molecule has 1 N–H and O–H groups in total. The third-order valence-electron chi connectivity index (χ3n) is 3.30. The lowest BCUT2D eigenvalue weighted by atomic mass is 9.82. The van der Waals surface area contributed by atoms with E-state index in [1.165, 1.54) is 5.57 Å². The second-order valence-electron chi connectivity index (χ2n) is 4.45. The Kier molecular flexibility index (Phi) is 3.09. The van der Waals surface area contributed by atoms with Crippen molar-refractivity contribution < 1.29 is 9.90 Å². The van der Waals surface area contributed by atoms with Crippen molar-refractivity contribution in [3.63, 3.8) is 0 Å². The molecule has 0 aromatic heterocycles. The van der Waals surface area contributed by atoms with Crippen molar-refractivity contribution in [3.05, 3.63) is 47.5 Å². The number of aromatic carboxylic acids is 1. The second kappa shape index (κ2) is 4.52. The smallest absolute Gasteiger partial charge is 0.335 e. The first kappa shape index (κ1) is 10.9. The zero-order chi connectivity index (χ0) is 11.5. The highest BCUT2D eigenvalue weighted by Gasteiger charge is 2.18. The van der Waals surface area contributed by atoms with Gasteiger partial charge in [0.25, 0.3) is 0 Å². The van der Waals surface area contributed by atoms with Gasteiger partial charge >= 0.3 is 5.97 Å². The average Bonchev–Trinajstić information content (AvgIpc) is 2.30. The Balaban J connectivity index is 2.17. The molecule has 0 saturated heterocycles. The van der Waals surface area contributed by atoms with E-state index in [0.717, 1.165) is 31.2 Å². The summed E-state index contributed by atoms with van der Waals surface area (Å²) >= 11 is 0. The first-order valence-corrected chi connectivity index (χ1v) is 5.66. The summed E-state index contributed by atoms with van der Waals surface area (Å²) in [5, 5.41) is 8.94. The summed E-state index contributed by atoms with van der Waals surface area (Å²) in [5.74, 6) is -0.341. The normalized spacial score (nSPS) is 17.4. The zero-order valence-electron chi connectivity index (χ0n) is 9.28. The fourth-order valence-corrected chi connectivity index (χ4v) is 2.29. The highest BCUT2D eigenvalue weighted by atomic mass is 16.4. The summed E-state index contributed by atoms with van der Waals surface area (Å²) in [6.07, 6.45) is 4.34. The maximum absolute atomic E-state index is 10.9. The van der Waals surface area contributed by atoms with Crippen LogP contribution in [0.2, 0.25) is 0 Å². The third kappa shape index (κ3) is 2.32. The summed E-state index contributed by atoms with van der Waals surface area (Å²) in [7, 11) is 0. The Morgan fingerprint density at radius 3 is 2.62 bits per heavy atom. The van der Waals surface area contributed by atoms with Crippen LogP contribution in [0, 0.1) is 0 Å². The molecule has 1 aliphatic rings. The molecule has 1 aromatic rings. The van der Waals surface area contributed by atoms with E-state index in [-0.39, 0.29) is 0 Å². The van der Waals surface area contributed by atoms with Crippen molar-refractivity contribution in [1.82, 2.24) is 0 Å². The predicted molar refractivity (Wildman–Crippen MR) is 63.8 cm³/mol. The molecule has 0 bridgehead atoms. The Morgan fingerprint density at radius 1 is 1.31 bits per heavy atom. The van der Waals surface area contributed by atoms with Gasteiger partial charge in [-0.25, -0.2) is 4.79 Å². The van der Waals surface area contributed by atoms with Gasteiger partial charge in [0.2, 0.25) is 0 Å². The number of allylic oxidation sites excluding steroid dienone is 1. The molecule has 1 fully saturated rings. The number of rotatable bonds is 2. The second-order valence-corrected chi connectivity index (χ2v) is 4.45. The van der Waals surface area contributed by atoms with Gasteiger partial charge in [0, 0.05) is 0 Å². The molecule has 0 unspecified atom stereocenters. The third-order valence-corrected chi connectivity index (χ3v) is 3.30. The van der Waals surface area contributed by atoms with E-state index in [9.17, 15) is 4.79 Å². The number of carboxylic acid groups (broad SMARTS) is 1. The molecular weight excluding hydrogens is 200 g/mol. The molecule has 0 atom stereocenters. The molecule has 16 heavy (non-hydrogen) atoms. The minimum Gasteiger partial charge on any atom is -0.478 e. The SMILES string of the molecule is C=C1CCC(c2cccc(C(=O)O)c2)CC1. The molecule has 2 heteroatoms. The van der Waals surface area contributed by atoms with Gasteiger partial charge in [0.05, 0.1) is 5.56 Å². The van der Waals surface area contributed by atoms with Crippen LogP contribution in [-0.2, 0) is 0 Å². The number of hydrogen-bond donors (Lipinski definition) is 1. The minimum atomic E-state index is -0.845. The molecule has 1 aromatic carbocycles. The molecule has 0 spiro atoms. The number of hydrogen-bond acceptors (Lipinski definition) is 1. The van der Waals surface area contributed by atoms with Crippen LogP contribution in [0.3, 0.4) is 0 Å². The van der Waals surface area contributed by atoms with E-state index in [0.29, 0.717) is 11.5 Å². The van der Waals surface area contributed by atoms with Gasteiger partial charge in [-0.1, -0.05) is 24.3 Å². The Labute approximate surface area is 95.6 Å². The van der Waals surface area contributed by atoms with E-state index in [1.807, 2.05) is 12.1 Å². The summed E-state index contributed by atoms with van der Waals surface area (Å²) in [5.41, 5.74) is 2.87. The van der Waals surface area contributed by atoms with Gasteiger partial charge in [0.1, 0.15) is 0 Å². The van der Waals surface area contributed by atoms with Crippen molar-refractivity contribution in [3.8, 4) is 0 Å². The van der Waals surface area contributed by atoms with Crippen molar-refractivity contribution >= 4 is 5.97 Å². The van der Waals surface area contributed by atoms with Gasteiger partial charge in [-0.05, 0) is 49.3 Å². The van der Waals surface area contributed by atoms with E-state index in [4.69, 9.17) is 5.11 Å². The molecule has 1 aliphatic carbocycles. The fourth-order valence-electron chi connectivity index (χ4n) is 2.29. The van der Waals surface area contributed by atoms with Crippen molar-refractivity contribution in [2.24, 2.45) is 0 Å². The lowest BCUT2D eigenvalue weighted by Gasteiger charge is -2.23. The van der Waals surface area contributed by atoms with Crippen LogP contribution in [0.4, 0.5) is 0 Å². The Bertz CT molecular complexity index is 410. The van der Waals surface area contributed by atoms with Gasteiger partial charge < -0.3 is 5.11 Å². The monoisotopic (exact) mass is 216 g/mol. The molecule has 84 valence electrons. The van der Waals surface area contributed by atoms with Crippen LogP contribution in [0.5, 0.6) is 0 Å². The topological polar surface area (TPSA) is 37.3 Å². The van der Waals surface area contributed by atoms with Crippen LogP contribution >= 0.6 is 0 Å². The molecular formula is C14H16O2. The van der Waals surface area contributed by atoms with Crippen LogP contribution in [0.25, 0.3) is 0 Å². The Hall–Kier alpha value is -1.57. The lowest BCUT2D eigenvalue weighted by Crippen LogP contribution is -2.07. The van der Waals surface area contributed by atoms with E-state index in [2.05, 4.69) is 6.58 Å². The quantitative estimate of drug-likeness (QED) is 0.767. The highest BCUT2D eigenvalue weighted by Crippen LogP contribution is 2.34. The summed E-state index contributed by atoms with van der Waals surface area (Å²) in [6.45, 7) is 3.99. The Morgan fingerprint density at radius 2 is 2.00 bits per heavy atom. The van der Waals surface area contributed by atoms with Gasteiger partial charge in [-0.2, -0.15) is 0 Å².